The lowest BCUT2D eigenvalue weighted by atomic mass is 10.0. The van der Waals surface area contributed by atoms with Crippen molar-refractivity contribution < 1.29 is 9.53 Å². The molecule has 4 aromatic rings. The molecule has 0 radical (unpaired) electrons. The highest BCUT2D eigenvalue weighted by Gasteiger charge is 2.21. The maximum Gasteiger partial charge on any atom is 0.251 e. The van der Waals surface area contributed by atoms with Crippen molar-refractivity contribution in [2.24, 2.45) is 0 Å². The fourth-order valence-electron chi connectivity index (χ4n) is 4.29. The molecule has 1 unspecified atom stereocenters. The highest BCUT2D eigenvalue weighted by molar-refractivity contribution is 5.94. The van der Waals surface area contributed by atoms with Gasteiger partial charge in [-0.3, -0.25) is 9.69 Å². The molecule has 7 nitrogen and oxygen atoms in total. The second-order valence-corrected chi connectivity index (χ2v) is 8.78. The second-order valence-electron chi connectivity index (χ2n) is 8.78. The molecule has 0 aliphatic carbocycles. The number of ether oxygens (including phenoxy) is 1. The van der Waals surface area contributed by atoms with Gasteiger partial charge in [0.1, 0.15) is 5.52 Å². The summed E-state index contributed by atoms with van der Waals surface area (Å²) in [6.07, 6.45) is 0. The van der Waals surface area contributed by atoms with Crippen molar-refractivity contribution in [2.45, 2.75) is 19.5 Å². The number of hydrogen-bond donors (Lipinski definition) is 1. The molecule has 1 saturated heterocycles. The number of morpholine rings is 1. The van der Waals surface area contributed by atoms with Crippen molar-refractivity contribution in [2.75, 3.05) is 32.8 Å². The van der Waals surface area contributed by atoms with Gasteiger partial charge in [0.25, 0.3) is 5.91 Å². The number of benzene rings is 3. The number of hydrogen-bond acceptors (Lipinski definition) is 5. The number of aromatic nitrogens is 3. The number of fused-ring (bicyclic) bond motifs is 1. The van der Waals surface area contributed by atoms with Crippen molar-refractivity contribution in [1.29, 1.82) is 0 Å². The van der Waals surface area contributed by atoms with E-state index in [9.17, 15) is 4.79 Å². The zero-order chi connectivity index (χ0) is 23.3. The van der Waals surface area contributed by atoms with Crippen LogP contribution in [-0.2, 0) is 11.3 Å². The van der Waals surface area contributed by atoms with Gasteiger partial charge in [-0.25, -0.2) is 4.68 Å². The van der Waals surface area contributed by atoms with Crippen LogP contribution in [0.1, 0.15) is 33.1 Å². The first-order chi connectivity index (χ1) is 16.7. The number of nitrogens with zero attached hydrogens (tertiary/aromatic N) is 4. The van der Waals surface area contributed by atoms with Crippen LogP contribution in [-0.4, -0.2) is 58.6 Å². The molecule has 7 heteroatoms. The highest BCUT2D eigenvalue weighted by Crippen LogP contribution is 2.18. The zero-order valence-electron chi connectivity index (χ0n) is 19.4. The van der Waals surface area contributed by atoms with E-state index in [-0.39, 0.29) is 11.9 Å². The Morgan fingerprint density at radius 2 is 1.74 bits per heavy atom. The average Bonchev–Trinajstić information content (AvgIpc) is 3.28. The third kappa shape index (κ3) is 5.16. The first-order valence-corrected chi connectivity index (χ1v) is 11.7. The molecule has 1 aromatic heterocycles. The Kier molecular flexibility index (Phi) is 6.65. The number of amides is 1. The lowest BCUT2D eigenvalue weighted by Crippen LogP contribution is -2.43. The molecule has 1 N–H and O–H groups in total. The van der Waals surface area contributed by atoms with E-state index in [1.807, 2.05) is 53.2 Å². The van der Waals surface area contributed by atoms with Crippen LogP contribution in [0.4, 0.5) is 0 Å². The summed E-state index contributed by atoms with van der Waals surface area (Å²) in [5.41, 5.74) is 5.90. The molecule has 1 aliphatic rings. The molecule has 34 heavy (non-hydrogen) atoms. The molecule has 1 fully saturated rings. The number of aryl methyl sites for hydroxylation is 1. The molecule has 5 rings (SSSR count). The summed E-state index contributed by atoms with van der Waals surface area (Å²) < 4.78 is 7.36. The third-order valence-corrected chi connectivity index (χ3v) is 6.30. The number of para-hydroxylation sites is 1. The molecule has 174 valence electrons. The summed E-state index contributed by atoms with van der Waals surface area (Å²) in [4.78, 5) is 15.5. The van der Waals surface area contributed by atoms with Gasteiger partial charge < -0.3 is 10.1 Å². The van der Waals surface area contributed by atoms with Crippen molar-refractivity contribution in [1.82, 2.24) is 25.2 Å². The lowest BCUT2D eigenvalue weighted by Gasteiger charge is -2.31. The zero-order valence-corrected chi connectivity index (χ0v) is 19.4. The average molecular weight is 456 g/mol. The standard InChI is InChI=1S/C27H29N5O2/c1-20-6-10-22(11-7-20)25(19-31-14-16-34-17-15-31)28-27(33)23-12-8-21(9-13-23)18-32-26-5-3-2-4-24(26)29-30-32/h2-13,25H,14-19H2,1H3,(H,28,33). The summed E-state index contributed by atoms with van der Waals surface area (Å²) in [7, 11) is 0. The van der Waals surface area contributed by atoms with E-state index in [1.165, 1.54) is 5.56 Å². The van der Waals surface area contributed by atoms with Crippen LogP contribution in [0.2, 0.25) is 0 Å². The monoisotopic (exact) mass is 455 g/mol. The Balaban J connectivity index is 1.29. The van der Waals surface area contributed by atoms with Crippen LogP contribution in [0.25, 0.3) is 11.0 Å². The maximum atomic E-state index is 13.2. The molecular weight excluding hydrogens is 426 g/mol. The van der Waals surface area contributed by atoms with Crippen molar-refractivity contribution in [3.8, 4) is 0 Å². The van der Waals surface area contributed by atoms with Crippen LogP contribution in [0.5, 0.6) is 0 Å². The van der Waals surface area contributed by atoms with Crippen molar-refractivity contribution in [3.63, 3.8) is 0 Å². The number of rotatable bonds is 7. The van der Waals surface area contributed by atoms with Crippen LogP contribution in [0.15, 0.2) is 72.8 Å². The summed E-state index contributed by atoms with van der Waals surface area (Å²) in [6.45, 7) is 6.66. The van der Waals surface area contributed by atoms with Gasteiger partial charge in [0.15, 0.2) is 0 Å². The van der Waals surface area contributed by atoms with Gasteiger partial charge in [-0.2, -0.15) is 0 Å². The fraction of sp³-hybridized carbons (Fsp3) is 0.296. The number of carbonyl (C=O) groups is 1. The number of carbonyl (C=O) groups excluding carboxylic acids is 1. The normalized spacial score (nSPS) is 15.3. The molecule has 2 heterocycles. The Labute approximate surface area is 199 Å². The van der Waals surface area contributed by atoms with E-state index >= 15 is 0 Å². The van der Waals surface area contributed by atoms with E-state index in [2.05, 4.69) is 51.7 Å². The summed E-state index contributed by atoms with van der Waals surface area (Å²) >= 11 is 0. The molecule has 1 atom stereocenters. The predicted molar refractivity (Wildman–Crippen MR) is 132 cm³/mol. The van der Waals surface area contributed by atoms with E-state index in [0.717, 1.165) is 55.0 Å². The Hall–Kier alpha value is -3.55. The van der Waals surface area contributed by atoms with Crippen LogP contribution < -0.4 is 5.32 Å². The molecule has 0 spiro atoms. The van der Waals surface area contributed by atoms with Crippen molar-refractivity contribution >= 4 is 16.9 Å². The van der Waals surface area contributed by atoms with Crippen LogP contribution in [0, 0.1) is 6.92 Å². The van der Waals surface area contributed by atoms with Gasteiger partial charge >= 0.3 is 0 Å². The van der Waals surface area contributed by atoms with Gasteiger partial charge in [0, 0.05) is 25.2 Å². The molecule has 0 bridgehead atoms. The van der Waals surface area contributed by atoms with E-state index < -0.39 is 0 Å². The fourth-order valence-corrected chi connectivity index (χ4v) is 4.29. The Morgan fingerprint density at radius 1 is 1.00 bits per heavy atom. The summed E-state index contributed by atoms with van der Waals surface area (Å²) in [6, 6.07) is 23.9. The van der Waals surface area contributed by atoms with E-state index in [1.54, 1.807) is 0 Å². The smallest absolute Gasteiger partial charge is 0.251 e. The molecule has 3 aromatic carbocycles. The largest absolute Gasteiger partial charge is 0.379 e. The maximum absolute atomic E-state index is 13.2. The summed E-state index contributed by atoms with van der Waals surface area (Å²) in [5, 5.41) is 11.7. The van der Waals surface area contributed by atoms with Crippen LogP contribution >= 0.6 is 0 Å². The van der Waals surface area contributed by atoms with Gasteiger partial charge in [-0.05, 0) is 42.3 Å². The second kappa shape index (κ2) is 10.2. The van der Waals surface area contributed by atoms with E-state index in [4.69, 9.17) is 4.74 Å². The minimum absolute atomic E-state index is 0.0726. The molecule has 0 saturated carbocycles. The van der Waals surface area contributed by atoms with Gasteiger partial charge in [-0.15, -0.1) is 5.10 Å². The molecular formula is C27H29N5O2. The highest BCUT2D eigenvalue weighted by atomic mass is 16.5. The van der Waals surface area contributed by atoms with Gasteiger partial charge in [0.05, 0.1) is 31.3 Å². The minimum atomic E-state index is -0.0904. The SMILES string of the molecule is Cc1ccc(C(CN2CCOCC2)NC(=O)c2ccc(Cn3nnc4ccccc43)cc2)cc1. The van der Waals surface area contributed by atoms with E-state index in [0.29, 0.717) is 12.1 Å². The van der Waals surface area contributed by atoms with Gasteiger partial charge in [-0.1, -0.05) is 59.3 Å². The van der Waals surface area contributed by atoms with Crippen molar-refractivity contribution in [3.05, 3.63) is 95.1 Å². The van der Waals surface area contributed by atoms with Gasteiger partial charge in [0.2, 0.25) is 0 Å². The predicted octanol–water partition coefficient (Wildman–Crippen LogP) is 3.59. The molecule has 1 amide bonds. The lowest BCUT2D eigenvalue weighted by molar-refractivity contribution is 0.0332. The molecule has 1 aliphatic heterocycles. The first kappa shape index (κ1) is 22.3. The Morgan fingerprint density at radius 3 is 2.50 bits per heavy atom. The third-order valence-electron chi connectivity index (χ3n) is 6.30. The summed E-state index contributed by atoms with van der Waals surface area (Å²) in [5.74, 6) is -0.0726. The number of nitrogens with one attached hydrogen (secondary N) is 1. The minimum Gasteiger partial charge on any atom is -0.379 e. The topological polar surface area (TPSA) is 72.3 Å². The quantitative estimate of drug-likeness (QED) is 0.461. The van der Waals surface area contributed by atoms with Crippen LogP contribution in [0.3, 0.4) is 0 Å². The first-order valence-electron chi connectivity index (χ1n) is 11.7. The Bertz CT molecular complexity index is 1240.